The summed E-state index contributed by atoms with van der Waals surface area (Å²) >= 11 is 0. The van der Waals surface area contributed by atoms with E-state index in [1.807, 2.05) is 12.1 Å². The number of aliphatic hydroxyl groups is 1. The van der Waals surface area contributed by atoms with Crippen molar-refractivity contribution in [1.82, 2.24) is 0 Å². The van der Waals surface area contributed by atoms with Gasteiger partial charge in [0.25, 0.3) is 0 Å². The van der Waals surface area contributed by atoms with E-state index in [4.69, 9.17) is 5.73 Å². The zero-order valence-electron chi connectivity index (χ0n) is 8.20. The Balaban J connectivity index is 2.79. The first-order valence-corrected chi connectivity index (χ1v) is 4.67. The molecule has 0 fully saturated rings. The van der Waals surface area contributed by atoms with Gasteiger partial charge in [0.2, 0.25) is 0 Å². The average Bonchev–Trinajstić information content (AvgIpc) is 2.17. The van der Waals surface area contributed by atoms with Crippen molar-refractivity contribution < 1.29 is 5.11 Å². The van der Waals surface area contributed by atoms with Crippen molar-refractivity contribution in [3.63, 3.8) is 0 Å². The van der Waals surface area contributed by atoms with Crippen LogP contribution in [0.2, 0.25) is 0 Å². The molecule has 3 N–H and O–H groups in total. The summed E-state index contributed by atoms with van der Waals surface area (Å²) in [5.41, 5.74) is 8.07. The van der Waals surface area contributed by atoms with E-state index in [1.54, 1.807) is 6.92 Å². The van der Waals surface area contributed by atoms with Crippen LogP contribution in [-0.4, -0.2) is 11.2 Å². The molecule has 0 aliphatic rings. The lowest BCUT2D eigenvalue weighted by Crippen LogP contribution is -2.22. The summed E-state index contributed by atoms with van der Waals surface area (Å²) in [5.74, 6) is 0. The highest BCUT2D eigenvalue weighted by Gasteiger charge is 2.10. The summed E-state index contributed by atoms with van der Waals surface area (Å²) in [6.07, 6.45) is 0.539. The fourth-order valence-electron chi connectivity index (χ4n) is 1.25. The van der Waals surface area contributed by atoms with Crippen LogP contribution in [0.4, 0.5) is 0 Å². The summed E-state index contributed by atoms with van der Waals surface area (Å²) in [4.78, 5) is 0. The Kier molecular flexibility index (Phi) is 3.46. The SMILES string of the molecule is CCc1ccc([C@@H](N)[C@@H](C)O)cc1. The molecule has 0 unspecified atom stereocenters. The molecule has 0 heterocycles. The van der Waals surface area contributed by atoms with Gasteiger partial charge < -0.3 is 10.8 Å². The normalized spacial score (nSPS) is 15.4. The van der Waals surface area contributed by atoms with Crippen LogP contribution in [0.1, 0.15) is 31.0 Å². The third kappa shape index (κ3) is 2.54. The van der Waals surface area contributed by atoms with Gasteiger partial charge >= 0.3 is 0 Å². The van der Waals surface area contributed by atoms with E-state index in [-0.39, 0.29) is 6.04 Å². The second-order valence-corrected chi connectivity index (χ2v) is 3.36. The van der Waals surface area contributed by atoms with Crippen LogP contribution in [0.5, 0.6) is 0 Å². The molecule has 2 nitrogen and oxygen atoms in total. The van der Waals surface area contributed by atoms with Gasteiger partial charge in [-0.2, -0.15) is 0 Å². The number of rotatable bonds is 3. The van der Waals surface area contributed by atoms with Gasteiger partial charge in [-0.25, -0.2) is 0 Å². The average molecular weight is 179 g/mol. The smallest absolute Gasteiger partial charge is 0.0704 e. The fourth-order valence-corrected chi connectivity index (χ4v) is 1.25. The molecule has 2 heteroatoms. The minimum Gasteiger partial charge on any atom is -0.391 e. The van der Waals surface area contributed by atoms with E-state index in [0.29, 0.717) is 0 Å². The molecule has 0 bridgehead atoms. The lowest BCUT2D eigenvalue weighted by atomic mass is 10.0. The number of aliphatic hydroxyl groups excluding tert-OH is 1. The zero-order chi connectivity index (χ0) is 9.84. The maximum Gasteiger partial charge on any atom is 0.0704 e. The Morgan fingerprint density at radius 2 is 1.85 bits per heavy atom. The van der Waals surface area contributed by atoms with Crippen molar-refractivity contribution in [2.24, 2.45) is 5.73 Å². The highest BCUT2D eigenvalue weighted by molar-refractivity contribution is 5.25. The van der Waals surface area contributed by atoms with Gasteiger partial charge in [-0.15, -0.1) is 0 Å². The molecule has 0 amide bonds. The first-order chi connectivity index (χ1) is 6.15. The first kappa shape index (κ1) is 10.2. The monoisotopic (exact) mass is 179 g/mol. The van der Waals surface area contributed by atoms with Crippen LogP contribution in [0.25, 0.3) is 0 Å². The van der Waals surface area contributed by atoms with E-state index in [1.165, 1.54) is 5.56 Å². The molecule has 0 saturated heterocycles. The van der Waals surface area contributed by atoms with Crippen LogP contribution < -0.4 is 5.73 Å². The van der Waals surface area contributed by atoms with E-state index in [0.717, 1.165) is 12.0 Å². The third-order valence-corrected chi connectivity index (χ3v) is 2.29. The summed E-state index contributed by atoms with van der Waals surface area (Å²) in [7, 11) is 0. The van der Waals surface area contributed by atoms with Gasteiger partial charge in [-0.05, 0) is 24.5 Å². The molecule has 0 spiro atoms. The number of nitrogens with two attached hydrogens (primary N) is 1. The van der Waals surface area contributed by atoms with Gasteiger partial charge in [0.05, 0.1) is 12.1 Å². The van der Waals surface area contributed by atoms with Crippen molar-refractivity contribution in [2.45, 2.75) is 32.4 Å². The van der Waals surface area contributed by atoms with Crippen LogP contribution in [0, 0.1) is 0 Å². The summed E-state index contributed by atoms with van der Waals surface area (Å²) in [6, 6.07) is 7.80. The van der Waals surface area contributed by atoms with Crippen LogP contribution in [0.3, 0.4) is 0 Å². The van der Waals surface area contributed by atoms with Gasteiger partial charge in [0, 0.05) is 0 Å². The minimum absolute atomic E-state index is 0.272. The predicted octanol–water partition coefficient (Wildman–Crippen LogP) is 1.63. The quantitative estimate of drug-likeness (QED) is 0.740. The summed E-state index contributed by atoms with van der Waals surface area (Å²) in [6.45, 7) is 3.82. The van der Waals surface area contributed by atoms with Gasteiger partial charge in [0.15, 0.2) is 0 Å². The maximum absolute atomic E-state index is 9.28. The summed E-state index contributed by atoms with van der Waals surface area (Å²) < 4.78 is 0. The van der Waals surface area contributed by atoms with Crippen molar-refractivity contribution in [3.05, 3.63) is 35.4 Å². The lowest BCUT2D eigenvalue weighted by molar-refractivity contribution is 0.164. The standard InChI is InChI=1S/C11H17NO/c1-3-9-4-6-10(7-5-9)11(12)8(2)13/h4-8,11,13H,3,12H2,1-2H3/t8-,11+/m1/s1. The number of hydrogen-bond acceptors (Lipinski definition) is 2. The number of aryl methyl sites for hydroxylation is 1. The first-order valence-electron chi connectivity index (χ1n) is 4.67. The van der Waals surface area contributed by atoms with Crippen molar-refractivity contribution >= 4 is 0 Å². The minimum atomic E-state index is -0.493. The van der Waals surface area contributed by atoms with Crippen LogP contribution in [-0.2, 0) is 6.42 Å². The molecular weight excluding hydrogens is 162 g/mol. The molecule has 1 aromatic rings. The number of benzene rings is 1. The highest BCUT2D eigenvalue weighted by atomic mass is 16.3. The van der Waals surface area contributed by atoms with E-state index in [9.17, 15) is 5.11 Å². The fraction of sp³-hybridized carbons (Fsp3) is 0.455. The van der Waals surface area contributed by atoms with E-state index < -0.39 is 6.10 Å². The molecule has 72 valence electrons. The molecule has 0 saturated carbocycles. The van der Waals surface area contributed by atoms with Gasteiger partial charge in [-0.1, -0.05) is 31.2 Å². The summed E-state index contributed by atoms with van der Waals surface area (Å²) in [5, 5.41) is 9.28. The Labute approximate surface area is 79.4 Å². The lowest BCUT2D eigenvalue weighted by Gasteiger charge is -2.15. The third-order valence-electron chi connectivity index (χ3n) is 2.29. The largest absolute Gasteiger partial charge is 0.391 e. The van der Waals surface area contributed by atoms with Crippen molar-refractivity contribution in [1.29, 1.82) is 0 Å². The molecule has 1 aromatic carbocycles. The molecule has 0 aromatic heterocycles. The highest BCUT2D eigenvalue weighted by Crippen LogP contribution is 2.14. The molecule has 1 rings (SSSR count). The van der Waals surface area contributed by atoms with E-state index >= 15 is 0 Å². The predicted molar refractivity (Wildman–Crippen MR) is 54.4 cm³/mol. The Bertz CT molecular complexity index is 253. The van der Waals surface area contributed by atoms with Gasteiger partial charge in [-0.3, -0.25) is 0 Å². The number of hydrogen-bond donors (Lipinski definition) is 2. The van der Waals surface area contributed by atoms with Gasteiger partial charge in [0.1, 0.15) is 0 Å². The zero-order valence-corrected chi connectivity index (χ0v) is 8.20. The van der Waals surface area contributed by atoms with E-state index in [2.05, 4.69) is 19.1 Å². The molecule has 0 radical (unpaired) electrons. The Morgan fingerprint density at radius 1 is 1.31 bits per heavy atom. The topological polar surface area (TPSA) is 46.2 Å². The maximum atomic E-state index is 9.28. The molecule has 2 atom stereocenters. The van der Waals surface area contributed by atoms with Crippen LogP contribution >= 0.6 is 0 Å². The molecule has 0 aliphatic heterocycles. The molecule has 13 heavy (non-hydrogen) atoms. The van der Waals surface area contributed by atoms with Crippen molar-refractivity contribution in [2.75, 3.05) is 0 Å². The van der Waals surface area contributed by atoms with Crippen LogP contribution in [0.15, 0.2) is 24.3 Å². The molecular formula is C11H17NO. The molecule has 0 aliphatic carbocycles. The second kappa shape index (κ2) is 4.40. The Hall–Kier alpha value is -0.860. The second-order valence-electron chi connectivity index (χ2n) is 3.36. The Morgan fingerprint density at radius 3 is 2.23 bits per heavy atom. The van der Waals surface area contributed by atoms with Crippen molar-refractivity contribution in [3.8, 4) is 0 Å².